The second-order valence-electron chi connectivity index (χ2n) is 5.28. The SMILES string of the molecule is CN(CC(=O)Nc1ccc2c(c1)OCCO2)Cc1ccc(Cl)s1. The van der Waals surface area contributed by atoms with Crippen molar-refractivity contribution in [3.63, 3.8) is 0 Å². The van der Waals surface area contributed by atoms with Crippen molar-refractivity contribution < 1.29 is 14.3 Å². The molecule has 1 aliphatic rings. The molecule has 0 spiro atoms. The number of carbonyl (C=O) groups excluding carboxylic acids is 1. The third-order valence-electron chi connectivity index (χ3n) is 3.29. The van der Waals surface area contributed by atoms with Crippen LogP contribution < -0.4 is 14.8 Å². The van der Waals surface area contributed by atoms with E-state index in [4.69, 9.17) is 21.1 Å². The molecule has 1 aliphatic heterocycles. The van der Waals surface area contributed by atoms with Crippen molar-refractivity contribution in [3.05, 3.63) is 39.5 Å². The molecule has 3 rings (SSSR count). The first-order valence-electron chi connectivity index (χ1n) is 7.22. The molecule has 1 aromatic heterocycles. The van der Waals surface area contributed by atoms with E-state index in [-0.39, 0.29) is 5.91 Å². The van der Waals surface area contributed by atoms with Gasteiger partial charge < -0.3 is 14.8 Å². The van der Waals surface area contributed by atoms with Crippen LogP contribution in [0.15, 0.2) is 30.3 Å². The molecule has 0 radical (unpaired) electrons. The third-order valence-corrected chi connectivity index (χ3v) is 4.51. The van der Waals surface area contributed by atoms with Crippen molar-refractivity contribution in [2.45, 2.75) is 6.54 Å². The highest BCUT2D eigenvalue weighted by Crippen LogP contribution is 2.32. The zero-order chi connectivity index (χ0) is 16.2. The molecule has 2 aromatic rings. The highest BCUT2D eigenvalue weighted by Gasteiger charge is 2.13. The maximum Gasteiger partial charge on any atom is 0.238 e. The van der Waals surface area contributed by atoms with E-state index < -0.39 is 0 Å². The molecule has 7 heteroatoms. The number of rotatable bonds is 5. The smallest absolute Gasteiger partial charge is 0.238 e. The molecule has 0 bridgehead atoms. The average Bonchev–Trinajstić information content (AvgIpc) is 2.91. The number of amides is 1. The summed E-state index contributed by atoms with van der Waals surface area (Å²) in [5.74, 6) is 1.29. The number of thiophene rings is 1. The standard InChI is InChI=1S/C16H17ClN2O3S/c1-19(9-12-3-5-15(17)23-12)10-16(20)18-11-2-4-13-14(8-11)22-7-6-21-13/h2-5,8H,6-7,9-10H2,1H3,(H,18,20). The lowest BCUT2D eigenvalue weighted by Gasteiger charge is -2.19. The van der Waals surface area contributed by atoms with Crippen LogP contribution in [0.1, 0.15) is 4.88 Å². The molecule has 5 nitrogen and oxygen atoms in total. The number of nitrogens with zero attached hydrogens (tertiary/aromatic N) is 1. The van der Waals surface area contributed by atoms with Gasteiger partial charge in [0.2, 0.25) is 5.91 Å². The number of anilines is 1. The van der Waals surface area contributed by atoms with E-state index in [9.17, 15) is 4.79 Å². The Labute approximate surface area is 143 Å². The van der Waals surface area contributed by atoms with Crippen LogP contribution in [0, 0.1) is 0 Å². The van der Waals surface area contributed by atoms with Crippen molar-refractivity contribution in [1.29, 1.82) is 0 Å². The topological polar surface area (TPSA) is 50.8 Å². The Morgan fingerprint density at radius 3 is 2.78 bits per heavy atom. The van der Waals surface area contributed by atoms with Crippen LogP contribution in [-0.4, -0.2) is 37.6 Å². The maximum absolute atomic E-state index is 12.1. The molecule has 1 N–H and O–H groups in total. The lowest BCUT2D eigenvalue weighted by molar-refractivity contribution is -0.117. The first kappa shape index (κ1) is 16.1. The first-order chi connectivity index (χ1) is 11.1. The van der Waals surface area contributed by atoms with Crippen LogP contribution in [0.25, 0.3) is 0 Å². The Balaban J connectivity index is 1.54. The molecule has 1 amide bonds. The van der Waals surface area contributed by atoms with Crippen molar-refractivity contribution in [2.75, 3.05) is 32.1 Å². The van der Waals surface area contributed by atoms with Crippen LogP contribution in [0.4, 0.5) is 5.69 Å². The second kappa shape index (κ2) is 7.21. The zero-order valence-electron chi connectivity index (χ0n) is 12.7. The fourth-order valence-corrected chi connectivity index (χ4v) is 3.49. The molecule has 1 aromatic carbocycles. The summed E-state index contributed by atoms with van der Waals surface area (Å²) >= 11 is 7.44. The van der Waals surface area contributed by atoms with Crippen LogP contribution in [-0.2, 0) is 11.3 Å². The minimum Gasteiger partial charge on any atom is -0.486 e. The summed E-state index contributed by atoms with van der Waals surface area (Å²) in [6.07, 6.45) is 0. The largest absolute Gasteiger partial charge is 0.486 e. The lowest BCUT2D eigenvalue weighted by Crippen LogP contribution is -2.29. The van der Waals surface area contributed by atoms with E-state index in [0.29, 0.717) is 43.5 Å². The molecule has 0 fully saturated rings. The number of ether oxygens (including phenoxy) is 2. The summed E-state index contributed by atoms with van der Waals surface area (Å²) in [4.78, 5) is 15.2. The van der Waals surface area contributed by atoms with E-state index in [1.54, 1.807) is 6.07 Å². The van der Waals surface area contributed by atoms with Gasteiger partial charge in [0.05, 0.1) is 10.9 Å². The molecule has 0 aliphatic carbocycles. The number of benzene rings is 1. The van der Waals surface area contributed by atoms with Crippen LogP contribution >= 0.6 is 22.9 Å². The summed E-state index contributed by atoms with van der Waals surface area (Å²) in [6, 6.07) is 9.24. The second-order valence-corrected chi connectivity index (χ2v) is 7.08. The van der Waals surface area contributed by atoms with Gasteiger partial charge in [-0.25, -0.2) is 0 Å². The Hall–Kier alpha value is -1.76. The van der Waals surface area contributed by atoms with Gasteiger partial charge >= 0.3 is 0 Å². The van der Waals surface area contributed by atoms with E-state index >= 15 is 0 Å². The number of likely N-dealkylation sites (N-methyl/N-ethyl adjacent to an activating group) is 1. The quantitative estimate of drug-likeness (QED) is 0.897. The summed E-state index contributed by atoms with van der Waals surface area (Å²) in [5.41, 5.74) is 0.701. The fraction of sp³-hybridized carbons (Fsp3) is 0.312. The van der Waals surface area contributed by atoms with Crippen molar-refractivity contribution in [1.82, 2.24) is 4.90 Å². The van der Waals surface area contributed by atoms with Gasteiger partial charge in [-0.3, -0.25) is 9.69 Å². The summed E-state index contributed by atoms with van der Waals surface area (Å²) in [6.45, 7) is 2.06. The van der Waals surface area contributed by atoms with Gasteiger partial charge in [-0.1, -0.05) is 11.6 Å². The number of nitrogens with one attached hydrogen (secondary N) is 1. The highest BCUT2D eigenvalue weighted by atomic mass is 35.5. The maximum atomic E-state index is 12.1. The molecule has 23 heavy (non-hydrogen) atoms. The Morgan fingerprint density at radius 2 is 2.04 bits per heavy atom. The fourth-order valence-electron chi connectivity index (χ4n) is 2.33. The van der Waals surface area contributed by atoms with Crippen molar-refractivity contribution in [3.8, 4) is 11.5 Å². The number of fused-ring (bicyclic) bond motifs is 1. The van der Waals surface area contributed by atoms with E-state index in [0.717, 1.165) is 9.21 Å². The lowest BCUT2D eigenvalue weighted by atomic mass is 10.2. The molecule has 0 saturated carbocycles. The minimum absolute atomic E-state index is 0.0770. The van der Waals surface area contributed by atoms with Gasteiger partial charge in [-0.2, -0.15) is 0 Å². The Bertz CT molecular complexity index is 704. The third kappa shape index (κ3) is 4.37. The first-order valence-corrected chi connectivity index (χ1v) is 8.42. The van der Waals surface area contributed by atoms with Crippen LogP contribution in [0.5, 0.6) is 11.5 Å². The summed E-state index contributed by atoms with van der Waals surface area (Å²) < 4.78 is 11.7. The number of carbonyl (C=O) groups is 1. The van der Waals surface area contributed by atoms with E-state index in [1.165, 1.54) is 11.3 Å². The number of hydrogen-bond acceptors (Lipinski definition) is 5. The highest BCUT2D eigenvalue weighted by molar-refractivity contribution is 7.16. The van der Waals surface area contributed by atoms with Gasteiger partial charge in [0.15, 0.2) is 11.5 Å². The van der Waals surface area contributed by atoms with Gasteiger partial charge in [-0.05, 0) is 31.3 Å². The van der Waals surface area contributed by atoms with Crippen LogP contribution in [0.3, 0.4) is 0 Å². The molecule has 122 valence electrons. The molecule has 0 saturated heterocycles. The number of halogens is 1. The van der Waals surface area contributed by atoms with E-state index in [2.05, 4.69) is 5.32 Å². The summed E-state index contributed by atoms with van der Waals surface area (Å²) in [7, 11) is 1.90. The number of hydrogen-bond donors (Lipinski definition) is 1. The predicted molar refractivity (Wildman–Crippen MR) is 91.7 cm³/mol. The average molecular weight is 353 g/mol. The molecular weight excluding hydrogens is 336 g/mol. The Morgan fingerprint density at radius 1 is 1.26 bits per heavy atom. The molecule has 0 unspecified atom stereocenters. The van der Waals surface area contributed by atoms with Gasteiger partial charge in [0.25, 0.3) is 0 Å². The molecule has 0 atom stereocenters. The predicted octanol–water partition coefficient (Wildman–Crippen LogP) is 3.24. The van der Waals surface area contributed by atoms with E-state index in [1.807, 2.05) is 36.2 Å². The van der Waals surface area contributed by atoms with Crippen molar-refractivity contribution in [2.24, 2.45) is 0 Å². The van der Waals surface area contributed by atoms with Gasteiger partial charge in [0, 0.05) is 23.2 Å². The van der Waals surface area contributed by atoms with Gasteiger partial charge in [-0.15, -0.1) is 11.3 Å². The molecular formula is C16H17ClN2O3S. The van der Waals surface area contributed by atoms with Crippen LogP contribution in [0.2, 0.25) is 4.34 Å². The monoisotopic (exact) mass is 352 g/mol. The van der Waals surface area contributed by atoms with Gasteiger partial charge in [0.1, 0.15) is 13.2 Å². The minimum atomic E-state index is -0.0770. The Kier molecular flexibility index (Phi) is 5.05. The molecule has 2 heterocycles. The zero-order valence-corrected chi connectivity index (χ0v) is 14.2. The van der Waals surface area contributed by atoms with Crippen molar-refractivity contribution >= 4 is 34.5 Å². The normalized spacial score (nSPS) is 13.2. The summed E-state index contributed by atoms with van der Waals surface area (Å²) in [5, 5.41) is 2.88.